The molecule has 1 saturated heterocycles. The summed E-state index contributed by atoms with van der Waals surface area (Å²) < 4.78 is 17.7. The van der Waals surface area contributed by atoms with Crippen molar-refractivity contribution in [2.75, 3.05) is 58.9 Å². The number of amides is 2. The Morgan fingerprint density at radius 3 is 2.63 bits per heavy atom. The summed E-state index contributed by atoms with van der Waals surface area (Å²) in [5, 5.41) is 2.89. The number of benzene rings is 1. The number of hydrogen-bond acceptors (Lipinski definition) is 6. The maximum Gasteiger partial charge on any atom is 0.257 e. The first-order valence-corrected chi connectivity index (χ1v) is 13.0. The fourth-order valence-electron chi connectivity index (χ4n) is 4.89. The molecule has 1 fully saturated rings. The van der Waals surface area contributed by atoms with Crippen molar-refractivity contribution in [2.45, 2.75) is 58.6 Å². The number of ether oxygens (including phenoxy) is 3. The van der Waals surface area contributed by atoms with E-state index in [0.29, 0.717) is 42.5 Å². The van der Waals surface area contributed by atoms with Gasteiger partial charge in [-0.1, -0.05) is 13.8 Å². The molecule has 0 unspecified atom stereocenters. The summed E-state index contributed by atoms with van der Waals surface area (Å²) in [6.45, 7) is 10.8. The Bertz CT molecular complexity index is 842. The summed E-state index contributed by atoms with van der Waals surface area (Å²) in [6, 6.07) is 5.49. The average Bonchev–Trinajstić information content (AvgIpc) is 2.85. The molecule has 2 heterocycles. The van der Waals surface area contributed by atoms with Crippen molar-refractivity contribution in [3.63, 3.8) is 0 Å². The van der Waals surface area contributed by atoms with Gasteiger partial charge in [0.25, 0.3) is 5.91 Å². The van der Waals surface area contributed by atoms with Crippen LogP contribution in [-0.2, 0) is 14.3 Å². The number of likely N-dealkylation sites (N-methyl/N-ethyl adjacent to an activating group) is 1. The summed E-state index contributed by atoms with van der Waals surface area (Å²) in [4.78, 5) is 29.8. The summed E-state index contributed by atoms with van der Waals surface area (Å²) in [5.41, 5.74) is 1.05. The topological polar surface area (TPSA) is 80.3 Å². The Balaban J connectivity index is 1.87. The predicted octanol–water partition coefficient (Wildman–Crippen LogP) is 3.66. The zero-order valence-electron chi connectivity index (χ0n) is 22.0. The lowest BCUT2D eigenvalue weighted by atomic mass is 9.96. The molecular formula is C27H43N3O5. The second-order valence-corrected chi connectivity index (χ2v) is 10.1. The average molecular weight is 490 g/mol. The van der Waals surface area contributed by atoms with Crippen LogP contribution < -0.4 is 10.1 Å². The minimum atomic E-state index is -0.145. The van der Waals surface area contributed by atoms with Gasteiger partial charge in [-0.05, 0) is 56.2 Å². The summed E-state index contributed by atoms with van der Waals surface area (Å²) in [5.74, 6) is 1.17. The normalized spacial score (nSPS) is 25.2. The van der Waals surface area contributed by atoms with Crippen LogP contribution in [0, 0.1) is 11.8 Å². The smallest absolute Gasteiger partial charge is 0.257 e. The standard InChI is InChI=1S/C27H43N3O5/c1-6-7-26(31)28-22-8-9-24-23(14-22)27(32)29(4)17-25(33-5)19(2)15-30(20(3)18-35-24)16-21-10-12-34-13-11-21/h8-9,14,19-21,25H,6-7,10-13,15-18H2,1-5H3,(H,28,31)/t19-,20+,25+/m0/s1. The van der Waals surface area contributed by atoms with E-state index >= 15 is 0 Å². The van der Waals surface area contributed by atoms with E-state index in [2.05, 4.69) is 24.1 Å². The van der Waals surface area contributed by atoms with E-state index in [9.17, 15) is 9.59 Å². The SMILES string of the molecule is CCCC(=O)Nc1ccc2c(c1)C(=O)N(C)C[C@@H](OC)[C@@H](C)CN(CC1CCOCC1)[C@H](C)CO2. The minimum absolute atomic E-state index is 0.0621. The van der Waals surface area contributed by atoms with Gasteiger partial charge in [-0.25, -0.2) is 0 Å². The third-order valence-electron chi connectivity index (χ3n) is 7.17. The highest BCUT2D eigenvalue weighted by Gasteiger charge is 2.30. The Morgan fingerprint density at radius 2 is 1.94 bits per heavy atom. The van der Waals surface area contributed by atoms with E-state index in [4.69, 9.17) is 14.2 Å². The van der Waals surface area contributed by atoms with Crippen LogP contribution in [0.2, 0.25) is 0 Å². The number of nitrogens with zero attached hydrogens (tertiary/aromatic N) is 2. The second kappa shape index (κ2) is 13.2. The van der Waals surface area contributed by atoms with E-state index in [1.54, 1.807) is 37.3 Å². The van der Waals surface area contributed by atoms with Crippen molar-refractivity contribution < 1.29 is 23.8 Å². The van der Waals surface area contributed by atoms with E-state index < -0.39 is 0 Å². The maximum absolute atomic E-state index is 13.4. The lowest BCUT2D eigenvalue weighted by Crippen LogP contribution is -2.48. The monoisotopic (exact) mass is 489 g/mol. The molecule has 0 aromatic heterocycles. The molecule has 8 nitrogen and oxygen atoms in total. The molecule has 0 bridgehead atoms. The van der Waals surface area contributed by atoms with Crippen LogP contribution in [0.1, 0.15) is 56.8 Å². The van der Waals surface area contributed by atoms with E-state index in [-0.39, 0.29) is 29.9 Å². The summed E-state index contributed by atoms with van der Waals surface area (Å²) >= 11 is 0. The Hall–Kier alpha value is -2.16. The molecule has 3 rings (SSSR count). The van der Waals surface area contributed by atoms with Gasteiger partial charge in [0.15, 0.2) is 0 Å². The second-order valence-electron chi connectivity index (χ2n) is 10.1. The first-order chi connectivity index (χ1) is 16.8. The van der Waals surface area contributed by atoms with E-state index in [1.807, 2.05) is 6.92 Å². The molecule has 1 N–H and O–H groups in total. The number of carbonyl (C=O) groups excluding carboxylic acids is 2. The Labute approximate surface area is 210 Å². The van der Waals surface area contributed by atoms with Crippen LogP contribution in [0.25, 0.3) is 0 Å². The highest BCUT2D eigenvalue weighted by molar-refractivity contribution is 5.99. The highest BCUT2D eigenvalue weighted by Crippen LogP contribution is 2.27. The van der Waals surface area contributed by atoms with Crippen LogP contribution >= 0.6 is 0 Å². The number of carbonyl (C=O) groups is 2. The molecule has 2 aliphatic rings. The Morgan fingerprint density at radius 1 is 1.20 bits per heavy atom. The van der Waals surface area contributed by atoms with Gasteiger partial charge >= 0.3 is 0 Å². The van der Waals surface area contributed by atoms with Gasteiger partial charge in [0.1, 0.15) is 12.4 Å². The van der Waals surface area contributed by atoms with Crippen LogP contribution in [0.4, 0.5) is 5.69 Å². The Kier molecular flexibility index (Phi) is 10.4. The first-order valence-electron chi connectivity index (χ1n) is 13.0. The molecule has 3 atom stereocenters. The minimum Gasteiger partial charge on any atom is -0.491 e. The van der Waals surface area contributed by atoms with Gasteiger partial charge in [0, 0.05) is 65.2 Å². The van der Waals surface area contributed by atoms with Gasteiger partial charge in [-0.3, -0.25) is 14.5 Å². The quantitative estimate of drug-likeness (QED) is 0.657. The summed E-state index contributed by atoms with van der Waals surface area (Å²) in [7, 11) is 3.51. The third kappa shape index (κ3) is 7.66. The first kappa shape index (κ1) is 27.4. The number of methoxy groups -OCH3 is 1. The van der Waals surface area contributed by atoms with Gasteiger partial charge in [0.2, 0.25) is 5.91 Å². The number of anilines is 1. The number of hydrogen-bond donors (Lipinski definition) is 1. The molecular weight excluding hydrogens is 446 g/mol. The fourth-order valence-corrected chi connectivity index (χ4v) is 4.89. The number of fused-ring (bicyclic) bond motifs is 1. The van der Waals surface area contributed by atoms with Crippen molar-refractivity contribution in [3.8, 4) is 5.75 Å². The zero-order chi connectivity index (χ0) is 25.4. The zero-order valence-corrected chi connectivity index (χ0v) is 22.0. The molecule has 8 heteroatoms. The molecule has 1 aromatic carbocycles. The number of rotatable bonds is 6. The predicted molar refractivity (Wildman–Crippen MR) is 137 cm³/mol. The van der Waals surface area contributed by atoms with Crippen molar-refractivity contribution >= 4 is 17.5 Å². The molecule has 0 radical (unpaired) electrons. The number of nitrogens with one attached hydrogen (secondary N) is 1. The van der Waals surface area contributed by atoms with E-state index in [0.717, 1.165) is 45.6 Å². The van der Waals surface area contributed by atoms with E-state index in [1.165, 1.54) is 0 Å². The molecule has 0 spiro atoms. The molecule has 0 aliphatic carbocycles. The molecule has 2 amide bonds. The van der Waals surface area contributed by atoms with Crippen molar-refractivity contribution in [2.24, 2.45) is 11.8 Å². The largest absolute Gasteiger partial charge is 0.491 e. The highest BCUT2D eigenvalue weighted by atomic mass is 16.5. The fraction of sp³-hybridized carbons (Fsp3) is 0.704. The van der Waals surface area contributed by atoms with Gasteiger partial charge in [-0.15, -0.1) is 0 Å². The summed E-state index contributed by atoms with van der Waals surface area (Å²) in [6.07, 6.45) is 3.28. The van der Waals surface area contributed by atoms with Crippen molar-refractivity contribution in [3.05, 3.63) is 23.8 Å². The molecule has 196 valence electrons. The molecule has 2 aliphatic heterocycles. The van der Waals surface area contributed by atoms with Crippen LogP contribution in [-0.4, -0.2) is 87.4 Å². The lowest BCUT2D eigenvalue weighted by Gasteiger charge is -2.38. The lowest BCUT2D eigenvalue weighted by molar-refractivity contribution is -0.116. The van der Waals surface area contributed by atoms with Crippen LogP contribution in [0.15, 0.2) is 18.2 Å². The van der Waals surface area contributed by atoms with Gasteiger partial charge in [0.05, 0.1) is 11.7 Å². The molecule has 0 saturated carbocycles. The van der Waals surface area contributed by atoms with Crippen molar-refractivity contribution in [1.29, 1.82) is 0 Å². The van der Waals surface area contributed by atoms with Gasteiger partial charge in [-0.2, -0.15) is 0 Å². The molecule has 35 heavy (non-hydrogen) atoms. The van der Waals surface area contributed by atoms with Crippen LogP contribution in [0.3, 0.4) is 0 Å². The maximum atomic E-state index is 13.4. The van der Waals surface area contributed by atoms with Crippen molar-refractivity contribution in [1.82, 2.24) is 9.80 Å². The van der Waals surface area contributed by atoms with Crippen LogP contribution in [0.5, 0.6) is 5.75 Å². The van der Waals surface area contributed by atoms with Gasteiger partial charge < -0.3 is 24.4 Å². The third-order valence-corrected chi connectivity index (χ3v) is 7.17. The molecule has 1 aromatic rings.